The van der Waals surface area contributed by atoms with Gasteiger partial charge in [-0.05, 0) is 57.2 Å². The number of oxazole rings is 1. The second-order valence-electron chi connectivity index (χ2n) is 8.11. The Labute approximate surface area is 208 Å². The molecule has 2 heterocycles. The number of hydrogen-bond acceptors (Lipinski definition) is 7. The summed E-state index contributed by atoms with van der Waals surface area (Å²) in [5.74, 6) is 2.41. The minimum Gasteiger partial charge on any atom is -0.493 e. The molecular weight excluding hydrogens is 462 g/mol. The lowest BCUT2D eigenvalue weighted by Crippen LogP contribution is -2.24. The summed E-state index contributed by atoms with van der Waals surface area (Å²) in [7, 11) is 3.00. The van der Waals surface area contributed by atoms with Crippen molar-refractivity contribution in [2.75, 3.05) is 19.5 Å². The molecule has 2 amide bonds. The van der Waals surface area contributed by atoms with Crippen LogP contribution in [0.25, 0.3) is 11.5 Å². The third-order valence-corrected chi connectivity index (χ3v) is 5.61. The summed E-state index contributed by atoms with van der Waals surface area (Å²) < 4.78 is 21.9. The fourth-order valence-corrected chi connectivity index (χ4v) is 3.83. The van der Waals surface area contributed by atoms with Crippen LogP contribution in [0.15, 0.2) is 57.4 Å². The van der Waals surface area contributed by atoms with Crippen LogP contribution in [0, 0.1) is 20.8 Å². The maximum absolute atomic E-state index is 12.8. The van der Waals surface area contributed by atoms with Gasteiger partial charge < -0.3 is 28.9 Å². The van der Waals surface area contributed by atoms with E-state index in [1.54, 1.807) is 63.2 Å². The highest BCUT2D eigenvalue weighted by atomic mass is 16.5. The summed E-state index contributed by atoms with van der Waals surface area (Å²) in [5.41, 5.74) is 2.69. The minimum atomic E-state index is -0.329. The molecule has 4 rings (SSSR count). The monoisotopic (exact) mass is 489 g/mol. The lowest BCUT2D eigenvalue weighted by Gasteiger charge is -2.12. The van der Waals surface area contributed by atoms with E-state index in [1.807, 2.05) is 6.07 Å². The predicted molar refractivity (Wildman–Crippen MR) is 134 cm³/mol. The highest BCUT2D eigenvalue weighted by molar-refractivity contribution is 6.05. The number of anilines is 1. The molecule has 2 N–H and O–H groups in total. The van der Waals surface area contributed by atoms with E-state index in [4.69, 9.17) is 18.3 Å². The molecule has 0 atom stereocenters. The van der Waals surface area contributed by atoms with Crippen molar-refractivity contribution in [2.45, 2.75) is 27.3 Å². The van der Waals surface area contributed by atoms with Crippen LogP contribution in [0.3, 0.4) is 0 Å². The lowest BCUT2D eigenvalue weighted by molar-refractivity contribution is 0.0945. The number of aromatic nitrogens is 1. The third-order valence-electron chi connectivity index (χ3n) is 5.61. The van der Waals surface area contributed by atoms with Gasteiger partial charge in [0, 0.05) is 11.3 Å². The first-order valence-corrected chi connectivity index (χ1v) is 11.2. The highest BCUT2D eigenvalue weighted by Gasteiger charge is 2.19. The molecule has 9 heteroatoms. The maximum Gasteiger partial charge on any atom is 0.259 e. The number of ether oxygens (including phenoxy) is 2. The molecule has 2 aromatic carbocycles. The Kier molecular flexibility index (Phi) is 7.10. The molecule has 4 aromatic rings. The number of carbonyl (C=O) groups excluding carboxylic acids is 2. The Balaban J connectivity index is 1.48. The smallest absolute Gasteiger partial charge is 0.259 e. The van der Waals surface area contributed by atoms with Crippen molar-refractivity contribution in [3.05, 3.63) is 82.6 Å². The number of nitrogens with one attached hydrogen (secondary N) is 2. The van der Waals surface area contributed by atoms with Gasteiger partial charge in [0.05, 0.1) is 31.9 Å². The van der Waals surface area contributed by atoms with Crippen LogP contribution >= 0.6 is 0 Å². The molecular formula is C27H27N3O6. The number of aryl methyl sites for hydroxylation is 3. The van der Waals surface area contributed by atoms with Gasteiger partial charge in [-0.2, -0.15) is 0 Å². The first-order valence-electron chi connectivity index (χ1n) is 11.2. The van der Waals surface area contributed by atoms with Crippen LogP contribution in [-0.4, -0.2) is 31.0 Å². The molecule has 0 saturated carbocycles. The van der Waals surface area contributed by atoms with Crippen molar-refractivity contribution in [3.63, 3.8) is 0 Å². The zero-order chi connectivity index (χ0) is 25.8. The molecule has 2 aromatic heterocycles. The molecule has 0 spiro atoms. The zero-order valence-electron chi connectivity index (χ0n) is 20.7. The molecule has 186 valence electrons. The van der Waals surface area contributed by atoms with Gasteiger partial charge in [-0.15, -0.1) is 0 Å². The molecule has 0 aliphatic heterocycles. The number of methoxy groups -OCH3 is 2. The van der Waals surface area contributed by atoms with Crippen molar-refractivity contribution >= 4 is 17.5 Å². The molecule has 36 heavy (non-hydrogen) atoms. The summed E-state index contributed by atoms with van der Waals surface area (Å²) in [6.07, 6.45) is 0. The van der Waals surface area contributed by atoms with E-state index < -0.39 is 0 Å². The number of nitrogens with zero attached hydrogens (tertiary/aromatic N) is 1. The fraction of sp³-hybridized carbons (Fsp3) is 0.222. The molecule has 0 fully saturated rings. The van der Waals surface area contributed by atoms with E-state index in [0.29, 0.717) is 62.7 Å². The third kappa shape index (κ3) is 5.10. The van der Waals surface area contributed by atoms with Gasteiger partial charge in [0.2, 0.25) is 5.89 Å². The fourth-order valence-electron chi connectivity index (χ4n) is 3.83. The lowest BCUT2D eigenvalue weighted by atomic mass is 10.1. The van der Waals surface area contributed by atoms with Crippen LogP contribution in [-0.2, 0) is 6.54 Å². The molecule has 0 bridgehead atoms. The van der Waals surface area contributed by atoms with Gasteiger partial charge in [-0.25, -0.2) is 4.98 Å². The van der Waals surface area contributed by atoms with Crippen molar-refractivity contribution < 1.29 is 27.9 Å². The zero-order valence-corrected chi connectivity index (χ0v) is 20.7. The summed E-state index contributed by atoms with van der Waals surface area (Å²) in [4.78, 5) is 30.0. The summed E-state index contributed by atoms with van der Waals surface area (Å²) in [6.45, 7) is 5.48. The van der Waals surface area contributed by atoms with E-state index >= 15 is 0 Å². The van der Waals surface area contributed by atoms with Gasteiger partial charge in [0.15, 0.2) is 11.5 Å². The Morgan fingerprint density at radius 2 is 1.67 bits per heavy atom. The maximum atomic E-state index is 12.8. The standard InChI is InChI=1S/C27H27N3O6/c1-15-12-21(16(2)35-15)26(32)29-19-9-6-8-18(13-19)27-30-22(17(3)36-27)14-28-25(31)20-10-7-11-23(33-4)24(20)34-5/h6-13H,14H2,1-5H3,(H,28,31)(H,29,32). The Bertz CT molecular complexity index is 1420. The van der Waals surface area contributed by atoms with E-state index in [-0.39, 0.29) is 18.4 Å². The Hall–Kier alpha value is -4.53. The van der Waals surface area contributed by atoms with Crippen molar-refractivity contribution in [1.29, 1.82) is 0 Å². The Morgan fingerprint density at radius 3 is 2.36 bits per heavy atom. The van der Waals surface area contributed by atoms with Crippen molar-refractivity contribution in [3.8, 4) is 23.0 Å². The molecule has 0 aliphatic carbocycles. The van der Waals surface area contributed by atoms with Crippen LogP contribution < -0.4 is 20.1 Å². The topological polar surface area (TPSA) is 116 Å². The van der Waals surface area contributed by atoms with E-state index in [1.165, 1.54) is 14.2 Å². The largest absolute Gasteiger partial charge is 0.493 e. The van der Waals surface area contributed by atoms with E-state index in [0.717, 1.165) is 0 Å². The van der Waals surface area contributed by atoms with E-state index in [9.17, 15) is 9.59 Å². The van der Waals surface area contributed by atoms with Crippen LogP contribution in [0.5, 0.6) is 11.5 Å². The molecule has 9 nitrogen and oxygen atoms in total. The highest BCUT2D eigenvalue weighted by Crippen LogP contribution is 2.31. The van der Waals surface area contributed by atoms with Crippen LogP contribution in [0.4, 0.5) is 5.69 Å². The van der Waals surface area contributed by atoms with Gasteiger partial charge in [-0.1, -0.05) is 12.1 Å². The molecule has 0 aliphatic rings. The molecule has 0 radical (unpaired) electrons. The molecule has 0 unspecified atom stereocenters. The number of benzene rings is 2. The quantitative estimate of drug-likeness (QED) is 0.355. The van der Waals surface area contributed by atoms with E-state index in [2.05, 4.69) is 15.6 Å². The summed E-state index contributed by atoms with van der Waals surface area (Å²) in [5, 5.41) is 5.72. The van der Waals surface area contributed by atoms with Gasteiger partial charge in [0.1, 0.15) is 23.0 Å². The second-order valence-corrected chi connectivity index (χ2v) is 8.11. The summed E-state index contributed by atoms with van der Waals surface area (Å²) in [6, 6.07) is 14.0. The molecule has 0 saturated heterocycles. The van der Waals surface area contributed by atoms with Crippen molar-refractivity contribution in [2.24, 2.45) is 0 Å². The normalized spacial score (nSPS) is 10.7. The average molecular weight is 490 g/mol. The van der Waals surface area contributed by atoms with Gasteiger partial charge in [-0.3, -0.25) is 9.59 Å². The second kappa shape index (κ2) is 10.4. The predicted octanol–water partition coefficient (Wildman–Crippen LogP) is 5.06. The number of hydrogen-bond donors (Lipinski definition) is 2. The number of amides is 2. The first kappa shape index (κ1) is 24.6. The Morgan fingerprint density at radius 1 is 0.889 bits per heavy atom. The minimum absolute atomic E-state index is 0.157. The SMILES string of the molecule is COc1cccc(C(=O)NCc2nc(-c3cccc(NC(=O)c4cc(C)oc4C)c3)oc2C)c1OC. The van der Waals surface area contributed by atoms with Crippen LogP contribution in [0.2, 0.25) is 0 Å². The first-order chi connectivity index (χ1) is 17.3. The van der Waals surface area contributed by atoms with Crippen LogP contribution in [0.1, 0.15) is 43.7 Å². The van der Waals surface area contributed by atoms with Gasteiger partial charge >= 0.3 is 0 Å². The average Bonchev–Trinajstić information content (AvgIpc) is 3.42. The summed E-state index contributed by atoms with van der Waals surface area (Å²) >= 11 is 0. The number of furan rings is 1. The number of rotatable bonds is 8. The number of para-hydroxylation sites is 1. The van der Waals surface area contributed by atoms with Gasteiger partial charge in [0.25, 0.3) is 11.8 Å². The number of carbonyl (C=O) groups is 2. The van der Waals surface area contributed by atoms with Crippen molar-refractivity contribution in [1.82, 2.24) is 10.3 Å².